The SMILES string of the molecule is CCC[C@H](C)N1CC2(CCN(C(=O)c3ccc(C)c(O)c3)CC2)OC1=O. The molecule has 0 unspecified atom stereocenters. The molecular weight excluding hydrogens is 332 g/mol. The second kappa shape index (κ2) is 7.17. The maximum absolute atomic E-state index is 12.7. The number of phenolic OH excluding ortho intramolecular Hbond substituents is 1. The van der Waals surface area contributed by atoms with Gasteiger partial charge in [0.05, 0.1) is 6.54 Å². The van der Waals surface area contributed by atoms with Crippen LogP contribution in [0.15, 0.2) is 18.2 Å². The van der Waals surface area contributed by atoms with Gasteiger partial charge in [0, 0.05) is 37.5 Å². The Morgan fingerprint density at radius 2 is 2.04 bits per heavy atom. The predicted octanol–water partition coefficient (Wildman–Crippen LogP) is 3.32. The fourth-order valence-electron chi connectivity index (χ4n) is 3.86. The molecular formula is C20H28N2O4. The van der Waals surface area contributed by atoms with E-state index in [9.17, 15) is 14.7 Å². The van der Waals surface area contributed by atoms with E-state index < -0.39 is 5.60 Å². The molecule has 2 aliphatic heterocycles. The Kier molecular flexibility index (Phi) is 5.12. The van der Waals surface area contributed by atoms with Gasteiger partial charge >= 0.3 is 6.09 Å². The highest BCUT2D eigenvalue weighted by Gasteiger charge is 2.48. The highest BCUT2D eigenvalue weighted by atomic mass is 16.6. The zero-order chi connectivity index (χ0) is 18.9. The van der Waals surface area contributed by atoms with Crippen LogP contribution in [0.25, 0.3) is 0 Å². The Hall–Kier alpha value is -2.24. The summed E-state index contributed by atoms with van der Waals surface area (Å²) in [5, 5.41) is 9.84. The van der Waals surface area contributed by atoms with Crippen molar-refractivity contribution in [3.05, 3.63) is 29.3 Å². The molecule has 2 saturated heterocycles. The monoisotopic (exact) mass is 360 g/mol. The number of rotatable bonds is 4. The Labute approximate surface area is 154 Å². The van der Waals surface area contributed by atoms with Crippen LogP contribution >= 0.6 is 0 Å². The largest absolute Gasteiger partial charge is 0.508 e. The lowest BCUT2D eigenvalue weighted by Gasteiger charge is -2.37. The summed E-state index contributed by atoms with van der Waals surface area (Å²) in [5.41, 5.74) is 0.773. The van der Waals surface area contributed by atoms with Crippen molar-refractivity contribution in [1.82, 2.24) is 9.80 Å². The Bertz CT molecular complexity index is 695. The molecule has 0 saturated carbocycles. The molecule has 1 N–H and O–H groups in total. The van der Waals surface area contributed by atoms with E-state index in [1.165, 1.54) is 6.07 Å². The molecule has 0 bridgehead atoms. The van der Waals surface area contributed by atoms with Gasteiger partial charge in [0.1, 0.15) is 11.4 Å². The molecule has 1 atom stereocenters. The number of hydrogen-bond acceptors (Lipinski definition) is 4. The predicted molar refractivity (Wildman–Crippen MR) is 98.3 cm³/mol. The van der Waals surface area contributed by atoms with Crippen molar-refractivity contribution in [2.24, 2.45) is 0 Å². The number of aromatic hydroxyl groups is 1. The summed E-state index contributed by atoms with van der Waals surface area (Å²) in [6.07, 6.45) is 3.07. The first-order valence-electron chi connectivity index (χ1n) is 9.44. The molecule has 0 radical (unpaired) electrons. The summed E-state index contributed by atoms with van der Waals surface area (Å²) in [6.45, 7) is 7.69. The summed E-state index contributed by atoms with van der Waals surface area (Å²) in [5.74, 6) is 0.0466. The molecule has 1 aromatic rings. The second-order valence-electron chi connectivity index (χ2n) is 7.61. The third-order valence-corrected chi connectivity index (χ3v) is 5.65. The average molecular weight is 360 g/mol. The van der Waals surface area contributed by atoms with Crippen LogP contribution in [-0.2, 0) is 4.74 Å². The lowest BCUT2D eigenvalue weighted by Crippen LogP contribution is -2.49. The summed E-state index contributed by atoms with van der Waals surface area (Å²) >= 11 is 0. The van der Waals surface area contributed by atoms with Crippen molar-refractivity contribution in [3.63, 3.8) is 0 Å². The molecule has 1 spiro atoms. The van der Waals surface area contributed by atoms with Crippen LogP contribution in [0.4, 0.5) is 4.79 Å². The van der Waals surface area contributed by atoms with Crippen molar-refractivity contribution in [1.29, 1.82) is 0 Å². The number of hydrogen-bond donors (Lipinski definition) is 1. The summed E-state index contributed by atoms with van der Waals surface area (Å²) < 4.78 is 5.75. The number of phenols is 1. The van der Waals surface area contributed by atoms with Gasteiger partial charge in [-0.2, -0.15) is 0 Å². The topological polar surface area (TPSA) is 70.1 Å². The fourth-order valence-corrected chi connectivity index (χ4v) is 3.86. The number of benzene rings is 1. The molecule has 2 amide bonds. The first kappa shape index (κ1) is 18.5. The average Bonchev–Trinajstić information content (AvgIpc) is 2.94. The van der Waals surface area contributed by atoms with Crippen molar-refractivity contribution in [2.45, 2.75) is 58.1 Å². The smallest absolute Gasteiger partial charge is 0.410 e. The van der Waals surface area contributed by atoms with Crippen LogP contribution in [0, 0.1) is 6.92 Å². The molecule has 142 valence electrons. The molecule has 26 heavy (non-hydrogen) atoms. The fraction of sp³-hybridized carbons (Fsp3) is 0.600. The van der Waals surface area contributed by atoms with Crippen molar-refractivity contribution in [3.8, 4) is 5.75 Å². The van der Waals surface area contributed by atoms with E-state index in [4.69, 9.17) is 4.74 Å². The number of carbonyl (C=O) groups is 2. The number of piperidine rings is 1. The number of likely N-dealkylation sites (tertiary alicyclic amines) is 1. The molecule has 0 aromatic heterocycles. The highest BCUT2D eigenvalue weighted by Crippen LogP contribution is 2.35. The highest BCUT2D eigenvalue weighted by molar-refractivity contribution is 5.94. The molecule has 0 aliphatic carbocycles. The normalized spacial score (nSPS) is 20.3. The van der Waals surface area contributed by atoms with E-state index in [2.05, 4.69) is 13.8 Å². The summed E-state index contributed by atoms with van der Waals surface area (Å²) in [7, 11) is 0. The molecule has 3 rings (SSSR count). The van der Waals surface area contributed by atoms with Gasteiger partial charge in [-0.15, -0.1) is 0 Å². The number of amides is 2. The lowest BCUT2D eigenvalue weighted by atomic mass is 9.90. The maximum atomic E-state index is 12.7. The molecule has 2 heterocycles. The van der Waals surface area contributed by atoms with Gasteiger partial charge in [-0.25, -0.2) is 4.79 Å². The van der Waals surface area contributed by atoms with E-state index in [-0.39, 0.29) is 23.8 Å². The van der Waals surface area contributed by atoms with Crippen LogP contribution < -0.4 is 0 Å². The molecule has 6 heteroatoms. The molecule has 2 fully saturated rings. The summed E-state index contributed by atoms with van der Waals surface area (Å²) in [6, 6.07) is 5.19. The van der Waals surface area contributed by atoms with Gasteiger partial charge in [-0.3, -0.25) is 4.79 Å². The van der Waals surface area contributed by atoms with Crippen molar-refractivity contribution >= 4 is 12.0 Å². The minimum absolute atomic E-state index is 0.0873. The number of ether oxygens (including phenoxy) is 1. The van der Waals surface area contributed by atoms with Crippen LogP contribution in [0.5, 0.6) is 5.75 Å². The zero-order valence-corrected chi connectivity index (χ0v) is 15.8. The number of nitrogens with zero attached hydrogens (tertiary/aromatic N) is 2. The van der Waals surface area contributed by atoms with Crippen LogP contribution in [0.3, 0.4) is 0 Å². The Morgan fingerprint density at radius 3 is 2.65 bits per heavy atom. The van der Waals surface area contributed by atoms with E-state index in [0.29, 0.717) is 38.0 Å². The maximum Gasteiger partial charge on any atom is 0.410 e. The van der Waals surface area contributed by atoms with Crippen molar-refractivity contribution < 1.29 is 19.4 Å². The van der Waals surface area contributed by atoms with E-state index in [1.807, 2.05) is 4.90 Å². The minimum Gasteiger partial charge on any atom is -0.508 e. The number of aryl methyl sites for hydroxylation is 1. The first-order valence-corrected chi connectivity index (χ1v) is 9.44. The zero-order valence-electron chi connectivity index (χ0n) is 15.8. The Balaban J connectivity index is 1.63. The van der Waals surface area contributed by atoms with E-state index in [0.717, 1.165) is 18.4 Å². The number of carbonyl (C=O) groups excluding carboxylic acids is 2. The third kappa shape index (κ3) is 3.50. The van der Waals surface area contributed by atoms with Gasteiger partial charge in [-0.1, -0.05) is 19.4 Å². The Morgan fingerprint density at radius 1 is 1.35 bits per heavy atom. The standard InChI is InChI=1S/C20H28N2O4/c1-4-5-15(3)22-13-20(26-19(22)25)8-10-21(11-9-20)18(24)16-7-6-14(2)17(23)12-16/h6-7,12,15,23H,4-5,8-11,13H2,1-3H3/t15-/m0/s1. The second-order valence-corrected chi connectivity index (χ2v) is 7.61. The van der Waals surface area contributed by atoms with Gasteiger partial charge in [0.2, 0.25) is 0 Å². The van der Waals surface area contributed by atoms with Gasteiger partial charge in [0.15, 0.2) is 0 Å². The minimum atomic E-state index is -0.467. The van der Waals surface area contributed by atoms with E-state index >= 15 is 0 Å². The molecule has 6 nitrogen and oxygen atoms in total. The van der Waals surface area contributed by atoms with Crippen molar-refractivity contribution in [2.75, 3.05) is 19.6 Å². The van der Waals surface area contributed by atoms with E-state index in [1.54, 1.807) is 24.0 Å². The molecule has 2 aliphatic rings. The van der Waals surface area contributed by atoms with Gasteiger partial charge in [0.25, 0.3) is 5.91 Å². The lowest BCUT2D eigenvalue weighted by molar-refractivity contribution is 0.00305. The van der Waals surface area contributed by atoms with Crippen LogP contribution in [-0.4, -0.2) is 58.2 Å². The first-order chi connectivity index (χ1) is 12.3. The van der Waals surface area contributed by atoms with Crippen LogP contribution in [0.2, 0.25) is 0 Å². The molecule has 1 aromatic carbocycles. The van der Waals surface area contributed by atoms with Gasteiger partial charge in [-0.05, 0) is 38.0 Å². The van der Waals surface area contributed by atoms with Crippen LogP contribution in [0.1, 0.15) is 55.5 Å². The third-order valence-electron chi connectivity index (χ3n) is 5.65. The van der Waals surface area contributed by atoms with Gasteiger partial charge < -0.3 is 19.6 Å². The quantitative estimate of drug-likeness (QED) is 0.894. The summed E-state index contributed by atoms with van der Waals surface area (Å²) in [4.78, 5) is 28.6.